The molecule has 1 fully saturated rings. The maximum absolute atomic E-state index is 11.5. The molecule has 1 atom stereocenters. The second-order valence-electron chi connectivity index (χ2n) is 3.54. The summed E-state index contributed by atoms with van der Waals surface area (Å²) in [5, 5.41) is 0. The van der Waals surface area contributed by atoms with E-state index in [-0.39, 0.29) is 11.2 Å². The van der Waals surface area contributed by atoms with E-state index in [0.29, 0.717) is 6.42 Å². The van der Waals surface area contributed by atoms with Crippen molar-refractivity contribution in [2.75, 3.05) is 0 Å². The zero-order valence-corrected chi connectivity index (χ0v) is 7.38. The van der Waals surface area contributed by atoms with E-state index in [1.807, 2.05) is 6.92 Å². The first-order valence-corrected chi connectivity index (χ1v) is 4.35. The molecule has 1 rings (SSSR count). The summed E-state index contributed by atoms with van der Waals surface area (Å²) in [5.41, 5.74) is -0.362. The van der Waals surface area contributed by atoms with Crippen molar-refractivity contribution < 1.29 is 9.59 Å². The van der Waals surface area contributed by atoms with Gasteiger partial charge in [0.2, 0.25) is 0 Å². The molecule has 2 heteroatoms. The van der Waals surface area contributed by atoms with Crippen LogP contribution in [-0.2, 0) is 9.59 Å². The fourth-order valence-electron chi connectivity index (χ4n) is 1.63. The average Bonchev–Trinajstić information content (AvgIpc) is 2.07. The predicted molar refractivity (Wildman–Crippen MR) is 46.8 cm³/mol. The second-order valence-corrected chi connectivity index (χ2v) is 3.54. The van der Waals surface area contributed by atoms with E-state index in [0.717, 1.165) is 25.5 Å². The molecule has 0 aromatic carbocycles. The molecule has 0 aromatic heterocycles. The van der Waals surface area contributed by atoms with Gasteiger partial charge in [0.1, 0.15) is 12.1 Å². The van der Waals surface area contributed by atoms with Crippen LogP contribution in [0, 0.1) is 5.41 Å². The molecule has 0 saturated heterocycles. The van der Waals surface area contributed by atoms with Gasteiger partial charge in [-0.05, 0) is 25.8 Å². The lowest BCUT2D eigenvalue weighted by molar-refractivity contribution is -0.127. The molecule has 1 saturated carbocycles. The van der Waals surface area contributed by atoms with Crippen molar-refractivity contribution in [2.24, 2.45) is 5.41 Å². The summed E-state index contributed by atoms with van der Waals surface area (Å²) in [7, 11) is 0. The first-order valence-electron chi connectivity index (χ1n) is 4.35. The van der Waals surface area contributed by atoms with Gasteiger partial charge in [-0.25, -0.2) is 0 Å². The normalized spacial score (nSPS) is 30.9. The summed E-state index contributed by atoms with van der Waals surface area (Å²) in [6, 6.07) is 0. The van der Waals surface area contributed by atoms with Crippen LogP contribution in [0.3, 0.4) is 0 Å². The number of hydrogen-bond donors (Lipinski definition) is 0. The largest absolute Gasteiger partial charge is 0.299 e. The first-order chi connectivity index (χ1) is 5.69. The fourth-order valence-corrected chi connectivity index (χ4v) is 1.63. The summed E-state index contributed by atoms with van der Waals surface area (Å²) in [6.07, 6.45) is 7.54. The third-order valence-corrected chi connectivity index (χ3v) is 2.53. The maximum atomic E-state index is 11.5. The monoisotopic (exact) mass is 166 g/mol. The topological polar surface area (TPSA) is 34.1 Å². The highest BCUT2D eigenvalue weighted by molar-refractivity contribution is 5.87. The van der Waals surface area contributed by atoms with Crippen molar-refractivity contribution in [3.05, 3.63) is 12.2 Å². The van der Waals surface area contributed by atoms with Crippen molar-refractivity contribution in [1.29, 1.82) is 0 Å². The maximum Gasteiger partial charge on any atom is 0.142 e. The number of carbonyl (C=O) groups excluding carboxylic acids is 2. The minimum atomic E-state index is -0.362. The number of Topliss-reactive ketones (excluding diaryl/α,β-unsaturated/α-hetero) is 1. The molecule has 0 bridgehead atoms. The highest BCUT2D eigenvalue weighted by Gasteiger charge is 2.31. The van der Waals surface area contributed by atoms with Crippen LogP contribution in [-0.4, -0.2) is 12.1 Å². The molecule has 0 spiro atoms. The molecule has 12 heavy (non-hydrogen) atoms. The van der Waals surface area contributed by atoms with Crippen molar-refractivity contribution in [3.8, 4) is 0 Å². The number of aldehydes is 1. The molecule has 1 unspecified atom stereocenters. The molecule has 0 aromatic rings. The third kappa shape index (κ3) is 1.81. The lowest BCUT2D eigenvalue weighted by Crippen LogP contribution is -2.28. The summed E-state index contributed by atoms with van der Waals surface area (Å²) < 4.78 is 0. The van der Waals surface area contributed by atoms with Gasteiger partial charge in [-0.3, -0.25) is 9.59 Å². The second kappa shape index (κ2) is 3.65. The van der Waals surface area contributed by atoms with Crippen LogP contribution in [0.5, 0.6) is 0 Å². The molecule has 1 aliphatic rings. The van der Waals surface area contributed by atoms with Gasteiger partial charge in [0.25, 0.3) is 0 Å². The Kier molecular flexibility index (Phi) is 2.79. The van der Waals surface area contributed by atoms with Crippen LogP contribution < -0.4 is 0 Å². The van der Waals surface area contributed by atoms with E-state index in [1.54, 1.807) is 6.08 Å². The van der Waals surface area contributed by atoms with E-state index >= 15 is 0 Å². The van der Waals surface area contributed by atoms with Gasteiger partial charge in [-0.2, -0.15) is 0 Å². The third-order valence-electron chi connectivity index (χ3n) is 2.53. The zero-order chi connectivity index (χ0) is 9.03. The average molecular weight is 166 g/mol. The first kappa shape index (κ1) is 9.17. The standard InChI is InChI=1S/C10H14O2/c1-10(7-4-8-11)6-3-2-5-9(10)12/h4,7-8H,2-3,5-6H2,1H3/b7-4+. The van der Waals surface area contributed by atoms with Gasteiger partial charge >= 0.3 is 0 Å². The van der Waals surface area contributed by atoms with Gasteiger partial charge in [0.05, 0.1) is 0 Å². The molecule has 0 amide bonds. The van der Waals surface area contributed by atoms with Crippen LogP contribution in [0.25, 0.3) is 0 Å². The lowest BCUT2D eigenvalue weighted by Gasteiger charge is -2.28. The minimum Gasteiger partial charge on any atom is -0.299 e. The van der Waals surface area contributed by atoms with E-state index in [2.05, 4.69) is 0 Å². The Bertz CT molecular complexity index is 218. The van der Waals surface area contributed by atoms with Crippen LogP contribution >= 0.6 is 0 Å². The molecule has 0 N–H and O–H groups in total. The Morgan fingerprint density at radius 1 is 1.42 bits per heavy atom. The number of ketones is 1. The zero-order valence-electron chi connectivity index (χ0n) is 7.38. The van der Waals surface area contributed by atoms with E-state index < -0.39 is 0 Å². The number of hydrogen-bond acceptors (Lipinski definition) is 2. The van der Waals surface area contributed by atoms with Gasteiger partial charge in [0, 0.05) is 11.8 Å². The SMILES string of the molecule is CC1(/C=C/C=O)CCCCC1=O. The highest BCUT2D eigenvalue weighted by atomic mass is 16.1. The molecule has 0 radical (unpaired) electrons. The fraction of sp³-hybridized carbons (Fsp3) is 0.600. The van der Waals surface area contributed by atoms with Crippen molar-refractivity contribution in [1.82, 2.24) is 0 Å². The van der Waals surface area contributed by atoms with Crippen LogP contribution in [0.15, 0.2) is 12.2 Å². The van der Waals surface area contributed by atoms with E-state index in [1.165, 1.54) is 6.08 Å². The van der Waals surface area contributed by atoms with E-state index in [9.17, 15) is 9.59 Å². The number of rotatable bonds is 2. The van der Waals surface area contributed by atoms with Crippen LogP contribution in [0.1, 0.15) is 32.6 Å². The van der Waals surface area contributed by atoms with Crippen LogP contribution in [0.2, 0.25) is 0 Å². The molecular weight excluding hydrogens is 152 g/mol. The summed E-state index contributed by atoms with van der Waals surface area (Å²) in [6.45, 7) is 1.91. The number of allylic oxidation sites excluding steroid dienone is 2. The molecule has 0 heterocycles. The van der Waals surface area contributed by atoms with Crippen molar-refractivity contribution in [3.63, 3.8) is 0 Å². The number of carbonyl (C=O) groups is 2. The van der Waals surface area contributed by atoms with Gasteiger partial charge < -0.3 is 0 Å². The summed E-state index contributed by atoms with van der Waals surface area (Å²) in [5.74, 6) is 0.270. The summed E-state index contributed by atoms with van der Waals surface area (Å²) >= 11 is 0. The Morgan fingerprint density at radius 3 is 2.75 bits per heavy atom. The van der Waals surface area contributed by atoms with Gasteiger partial charge in [-0.1, -0.05) is 12.5 Å². The molecule has 2 nitrogen and oxygen atoms in total. The molecule has 0 aliphatic heterocycles. The lowest BCUT2D eigenvalue weighted by atomic mass is 9.74. The molecule has 66 valence electrons. The quantitative estimate of drug-likeness (QED) is 0.463. The molecule has 1 aliphatic carbocycles. The minimum absolute atomic E-state index is 0.270. The van der Waals surface area contributed by atoms with Gasteiger partial charge in [-0.15, -0.1) is 0 Å². The molecular formula is C10H14O2. The van der Waals surface area contributed by atoms with Crippen molar-refractivity contribution in [2.45, 2.75) is 32.6 Å². The van der Waals surface area contributed by atoms with Gasteiger partial charge in [0.15, 0.2) is 0 Å². The Morgan fingerprint density at radius 2 is 2.17 bits per heavy atom. The Labute approximate surface area is 72.7 Å². The summed E-state index contributed by atoms with van der Waals surface area (Å²) in [4.78, 5) is 21.6. The Hall–Kier alpha value is -0.920. The highest BCUT2D eigenvalue weighted by Crippen LogP contribution is 2.33. The van der Waals surface area contributed by atoms with Crippen LogP contribution in [0.4, 0.5) is 0 Å². The smallest absolute Gasteiger partial charge is 0.142 e. The predicted octanol–water partition coefficient (Wildman–Crippen LogP) is 1.89. The Balaban J connectivity index is 2.72. The van der Waals surface area contributed by atoms with E-state index in [4.69, 9.17) is 0 Å². The van der Waals surface area contributed by atoms with Crippen molar-refractivity contribution >= 4 is 12.1 Å².